The molecule has 176 valence electrons. The summed E-state index contributed by atoms with van der Waals surface area (Å²) in [6, 6.07) is 1.74. The number of oxime groups is 1. The fraction of sp³-hybridized carbons (Fsp3) is 0.577. The Balaban J connectivity index is 2.27. The number of allylic oxidation sites excluding steroid dienone is 2. The van der Waals surface area contributed by atoms with Crippen molar-refractivity contribution in [2.45, 2.75) is 78.1 Å². The lowest BCUT2D eigenvalue weighted by atomic mass is 9.88. The van der Waals surface area contributed by atoms with Crippen LogP contribution in [0.1, 0.15) is 104 Å². The van der Waals surface area contributed by atoms with Crippen LogP contribution < -0.4 is 9.47 Å². The Morgan fingerprint density at radius 3 is 2.03 bits per heavy atom. The van der Waals surface area contributed by atoms with Gasteiger partial charge in [-0.25, -0.2) is 0 Å². The van der Waals surface area contributed by atoms with Crippen molar-refractivity contribution >= 4 is 17.3 Å². The van der Waals surface area contributed by atoms with Crippen LogP contribution in [0, 0.1) is 0 Å². The molecule has 6 heteroatoms. The third-order valence-electron chi connectivity index (χ3n) is 5.59. The Hall–Kier alpha value is -2.63. The standard InChI is InChI=1S/C26H37NO5/c1-5-7-8-9-10-11-12-13-14-20(27-32-17-6-2)19-18-23(30-3)24-21(28)15-16-22(29)25(24)26(19)31-4/h15-16,18H,5-14,17H2,1-4H3. The molecule has 32 heavy (non-hydrogen) atoms. The van der Waals surface area contributed by atoms with Crippen LogP contribution >= 0.6 is 0 Å². The van der Waals surface area contributed by atoms with Gasteiger partial charge in [-0.3, -0.25) is 9.59 Å². The van der Waals surface area contributed by atoms with Crippen molar-refractivity contribution in [3.63, 3.8) is 0 Å². The molecule has 0 aliphatic heterocycles. The molecule has 0 amide bonds. The first-order valence-corrected chi connectivity index (χ1v) is 11.8. The SMILES string of the molecule is CCCCCCCCCCC(=NOCCC)c1cc(OC)c2c(c1OC)C(=O)C=CC2=O. The molecule has 0 saturated heterocycles. The summed E-state index contributed by atoms with van der Waals surface area (Å²) >= 11 is 0. The predicted molar refractivity (Wildman–Crippen MR) is 127 cm³/mol. The molecule has 0 heterocycles. The second-order valence-electron chi connectivity index (χ2n) is 8.07. The maximum absolute atomic E-state index is 12.7. The van der Waals surface area contributed by atoms with Crippen LogP contribution in [-0.4, -0.2) is 38.1 Å². The van der Waals surface area contributed by atoms with E-state index in [1.54, 1.807) is 6.07 Å². The Morgan fingerprint density at radius 2 is 1.44 bits per heavy atom. The molecule has 1 aliphatic rings. The lowest BCUT2D eigenvalue weighted by molar-refractivity contribution is 0.0989. The van der Waals surface area contributed by atoms with Gasteiger partial charge in [0, 0.05) is 5.56 Å². The molecule has 0 atom stereocenters. The van der Waals surface area contributed by atoms with Crippen LogP contribution in [0.4, 0.5) is 0 Å². The summed E-state index contributed by atoms with van der Waals surface area (Å²) in [5.41, 5.74) is 1.81. The molecule has 0 aromatic heterocycles. The minimum atomic E-state index is -0.280. The van der Waals surface area contributed by atoms with Gasteiger partial charge in [-0.05, 0) is 37.5 Å². The Kier molecular flexibility index (Phi) is 11.0. The minimum absolute atomic E-state index is 0.230. The van der Waals surface area contributed by atoms with Crippen LogP contribution in [0.3, 0.4) is 0 Å². The molecule has 1 aromatic carbocycles. The highest BCUT2D eigenvalue weighted by molar-refractivity contribution is 6.25. The topological polar surface area (TPSA) is 74.2 Å². The van der Waals surface area contributed by atoms with Gasteiger partial charge in [0.05, 0.1) is 31.1 Å². The average molecular weight is 444 g/mol. The van der Waals surface area contributed by atoms with Crippen LogP contribution in [0.5, 0.6) is 11.5 Å². The lowest BCUT2D eigenvalue weighted by Gasteiger charge is -2.20. The first kappa shape index (κ1) is 25.6. The first-order valence-electron chi connectivity index (χ1n) is 11.8. The van der Waals surface area contributed by atoms with E-state index in [2.05, 4.69) is 12.1 Å². The number of hydrogen-bond donors (Lipinski definition) is 0. The molecule has 0 radical (unpaired) electrons. The molecule has 2 rings (SSSR count). The summed E-state index contributed by atoms with van der Waals surface area (Å²) < 4.78 is 11.1. The molecule has 0 saturated carbocycles. The number of ketones is 2. The highest BCUT2D eigenvalue weighted by Gasteiger charge is 2.31. The van der Waals surface area contributed by atoms with Gasteiger partial charge in [0.15, 0.2) is 11.6 Å². The summed E-state index contributed by atoms with van der Waals surface area (Å²) in [7, 11) is 2.99. The molecule has 0 N–H and O–H groups in total. The monoisotopic (exact) mass is 443 g/mol. The smallest absolute Gasteiger partial charge is 0.190 e. The second-order valence-corrected chi connectivity index (χ2v) is 8.07. The summed E-state index contributed by atoms with van der Waals surface area (Å²) in [5, 5.41) is 4.39. The van der Waals surface area contributed by atoms with Gasteiger partial charge in [-0.1, -0.05) is 63.9 Å². The second kappa shape index (κ2) is 13.7. The van der Waals surface area contributed by atoms with Crippen molar-refractivity contribution in [3.05, 3.63) is 34.9 Å². The number of carbonyl (C=O) groups is 2. The van der Waals surface area contributed by atoms with Crippen molar-refractivity contribution in [3.8, 4) is 11.5 Å². The first-order chi connectivity index (χ1) is 15.6. The van der Waals surface area contributed by atoms with Crippen LogP contribution in [0.2, 0.25) is 0 Å². The zero-order chi connectivity index (χ0) is 23.3. The van der Waals surface area contributed by atoms with Gasteiger partial charge in [-0.15, -0.1) is 0 Å². The van der Waals surface area contributed by atoms with Gasteiger partial charge >= 0.3 is 0 Å². The summed E-state index contributed by atoms with van der Waals surface area (Å²) in [6.45, 7) is 4.75. The van der Waals surface area contributed by atoms with E-state index in [-0.39, 0.29) is 22.7 Å². The Morgan fingerprint density at radius 1 is 0.812 bits per heavy atom. The molecule has 0 spiro atoms. The zero-order valence-corrected chi connectivity index (χ0v) is 20.0. The van der Waals surface area contributed by atoms with Gasteiger partial charge in [0.2, 0.25) is 0 Å². The van der Waals surface area contributed by atoms with E-state index in [1.807, 2.05) is 6.92 Å². The van der Waals surface area contributed by atoms with Gasteiger partial charge in [0.1, 0.15) is 18.1 Å². The van der Waals surface area contributed by atoms with Crippen LogP contribution in [0.15, 0.2) is 23.4 Å². The van der Waals surface area contributed by atoms with Gasteiger partial charge in [0.25, 0.3) is 0 Å². The summed E-state index contributed by atoms with van der Waals surface area (Å²) in [6.07, 6.45) is 13.7. The molecule has 0 unspecified atom stereocenters. The minimum Gasteiger partial charge on any atom is -0.496 e. The van der Waals surface area contributed by atoms with Gasteiger partial charge < -0.3 is 14.3 Å². The zero-order valence-electron chi connectivity index (χ0n) is 20.0. The van der Waals surface area contributed by atoms with Gasteiger partial charge in [-0.2, -0.15) is 0 Å². The largest absolute Gasteiger partial charge is 0.496 e. The average Bonchev–Trinajstić information content (AvgIpc) is 2.80. The highest BCUT2D eigenvalue weighted by Crippen LogP contribution is 2.38. The van der Waals surface area contributed by atoms with E-state index in [9.17, 15) is 9.59 Å². The van der Waals surface area contributed by atoms with E-state index in [4.69, 9.17) is 14.3 Å². The van der Waals surface area contributed by atoms with E-state index in [0.717, 1.165) is 19.3 Å². The molecule has 0 bridgehead atoms. The molecule has 1 aromatic rings. The van der Waals surface area contributed by atoms with Crippen molar-refractivity contribution in [2.24, 2.45) is 5.16 Å². The molecule has 1 aliphatic carbocycles. The number of hydrogen-bond acceptors (Lipinski definition) is 6. The summed E-state index contributed by atoms with van der Waals surface area (Å²) in [4.78, 5) is 30.7. The molecular weight excluding hydrogens is 406 g/mol. The molecule has 6 nitrogen and oxygen atoms in total. The number of nitrogens with zero attached hydrogens (tertiary/aromatic N) is 1. The third kappa shape index (κ3) is 6.68. The van der Waals surface area contributed by atoms with E-state index < -0.39 is 0 Å². The third-order valence-corrected chi connectivity index (χ3v) is 5.59. The Labute approximate surface area is 192 Å². The number of carbonyl (C=O) groups excluding carboxylic acids is 2. The normalized spacial score (nSPS) is 13.3. The van der Waals surface area contributed by atoms with Crippen molar-refractivity contribution < 1.29 is 23.9 Å². The number of benzene rings is 1. The quantitative estimate of drug-likeness (QED) is 0.181. The maximum atomic E-state index is 12.7. The number of methoxy groups -OCH3 is 2. The number of rotatable bonds is 15. The summed E-state index contributed by atoms with van der Waals surface area (Å²) in [5.74, 6) is 0.141. The number of fused-ring (bicyclic) bond motifs is 1. The van der Waals surface area contributed by atoms with Crippen LogP contribution in [-0.2, 0) is 4.84 Å². The molecule has 0 fully saturated rings. The fourth-order valence-corrected chi connectivity index (χ4v) is 3.90. The fourth-order valence-electron chi connectivity index (χ4n) is 3.90. The predicted octanol–water partition coefficient (Wildman–Crippen LogP) is 6.30. The maximum Gasteiger partial charge on any atom is 0.190 e. The highest BCUT2D eigenvalue weighted by atomic mass is 16.6. The Bertz CT molecular complexity index is 841. The van der Waals surface area contributed by atoms with Crippen LogP contribution in [0.25, 0.3) is 0 Å². The number of unbranched alkanes of at least 4 members (excludes halogenated alkanes) is 7. The lowest BCUT2D eigenvalue weighted by Crippen LogP contribution is -2.18. The molecular formula is C26H37NO5. The van der Waals surface area contributed by atoms with Crippen molar-refractivity contribution in [1.82, 2.24) is 0 Å². The van der Waals surface area contributed by atoms with Crippen molar-refractivity contribution in [2.75, 3.05) is 20.8 Å². The van der Waals surface area contributed by atoms with Crippen molar-refractivity contribution in [1.29, 1.82) is 0 Å². The van der Waals surface area contributed by atoms with E-state index in [1.165, 1.54) is 64.9 Å². The van der Waals surface area contributed by atoms with E-state index >= 15 is 0 Å². The van der Waals surface area contributed by atoms with E-state index in [0.29, 0.717) is 35.8 Å². The number of ether oxygens (including phenoxy) is 2.